The van der Waals surface area contributed by atoms with Gasteiger partial charge in [-0.15, -0.1) is 0 Å². The summed E-state index contributed by atoms with van der Waals surface area (Å²) in [5.41, 5.74) is 1.55. The number of esters is 1. The van der Waals surface area contributed by atoms with Crippen LogP contribution >= 0.6 is 0 Å². The van der Waals surface area contributed by atoms with Gasteiger partial charge in [-0.25, -0.2) is 0 Å². The molecule has 1 saturated carbocycles. The summed E-state index contributed by atoms with van der Waals surface area (Å²) in [6.45, 7) is 2.14. The third kappa shape index (κ3) is 3.96. The normalized spacial score (nSPS) is 13.3. The molecular weight excluding hydrogens is 240 g/mol. The maximum Gasteiger partial charge on any atom is 0.317 e. The summed E-state index contributed by atoms with van der Waals surface area (Å²) in [7, 11) is 0. The van der Waals surface area contributed by atoms with Gasteiger partial charge in [0.1, 0.15) is 6.42 Å². The molecule has 0 spiro atoms. The highest BCUT2D eigenvalue weighted by molar-refractivity contribution is 5.99. The second-order valence-electron chi connectivity index (χ2n) is 4.50. The molecule has 0 aliphatic heterocycles. The average molecular weight is 256 g/mol. The summed E-state index contributed by atoms with van der Waals surface area (Å²) in [6, 6.07) is 7.23. The van der Waals surface area contributed by atoms with Crippen molar-refractivity contribution < 1.29 is 14.3 Å². The minimum Gasteiger partial charge on any atom is -0.465 e. The van der Waals surface area contributed by atoms with Gasteiger partial charge in [-0.2, -0.15) is 0 Å². The van der Waals surface area contributed by atoms with Gasteiger partial charge in [0, 0.05) is 17.0 Å². The number of ketones is 1. The van der Waals surface area contributed by atoms with Gasteiger partial charge < -0.3 is 4.74 Å². The van der Waals surface area contributed by atoms with E-state index < -0.39 is 0 Å². The molecule has 0 radical (unpaired) electrons. The van der Waals surface area contributed by atoms with E-state index >= 15 is 0 Å². The Balaban J connectivity index is 1.93. The Morgan fingerprint density at radius 3 is 2.53 bits per heavy atom. The smallest absolute Gasteiger partial charge is 0.317 e. The maximum atomic E-state index is 11.8. The highest BCUT2D eigenvalue weighted by Gasteiger charge is 2.30. The second-order valence-corrected chi connectivity index (χ2v) is 4.50. The highest BCUT2D eigenvalue weighted by atomic mass is 16.5. The lowest BCUT2D eigenvalue weighted by Gasteiger charge is -1.98. The van der Waals surface area contributed by atoms with Crippen molar-refractivity contribution in [1.29, 1.82) is 0 Å². The zero-order valence-corrected chi connectivity index (χ0v) is 10.9. The van der Waals surface area contributed by atoms with Crippen molar-refractivity contribution in [2.45, 2.75) is 26.2 Å². The molecule has 1 aliphatic carbocycles. The van der Waals surface area contributed by atoms with Crippen molar-refractivity contribution in [3.05, 3.63) is 35.4 Å². The van der Waals surface area contributed by atoms with Crippen molar-refractivity contribution in [3.63, 3.8) is 0 Å². The predicted molar refractivity (Wildman–Crippen MR) is 71.6 cm³/mol. The van der Waals surface area contributed by atoms with Crippen LogP contribution in [0.5, 0.6) is 0 Å². The molecule has 3 heteroatoms. The highest BCUT2D eigenvalue weighted by Crippen LogP contribution is 2.32. The largest absolute Gasteiger partial charge is 0.465 e. The summed E-state index contributed by atoms with van der Waals surface area (Å²) in [4.78, 5) is 22.9. The Hall–Kier alpha value is -2.08. The molecule has 2 rings (SSSR count). The van der Waals surface area contributed by atoms with E-state index in [9.17, 15) is 9.59 Å². The molecule has 1 aromatic rings. The Bertz CT molecular complexity index is 527. The number of carbonyl (C=O) groups is 2. The number of benzene rings is 1. The fraction of sp³-hybridized carbons (Fsp3) is 0.375. The Morgan fingerprint density at radius 1 is 1.26 bits per heavy atom. The van der Waals surface area contributed by atoms with Gasteiger partial charge in [0.25, 0.3) is 0 Å². The Labute approximate surface area is 113 Å². The van der Waals surface area contributed by atoms with E-state index in [-0.39, 0.29) is 24.1 Å². The Kier molecular flexibility index (Phi) is 4.35. The van der Waals surface area contributed by atoms with Crippen LogP contribution in [0.1, 0.15) is 42.1 Å². The van der Waals surface area contributed by atoms with Crippen LogP contribution in [0.3, 0.4) is 0 Å². The van der Waals surface area contributed by atoms with Gasteiger partial charge in [0.15, 0.2) is 5.78 Å². The lowest BCUT2D eigenvalue weighted by atomic mass is 10.1. The number of hydrogen-bond donors (Lipinski definition) is 0. The molecule has 0 bridgehead atoms. The average Bonchev–Trinajstić information content (AvgIpc) is 3.23. The van der Waals surface area contributed by atoms with Crippen LogP contribution in [-0.4, -0.2) is 18.4 Å². The van der Waals surface area contributed by atoms with Crippen molar-refractivity contribution in [1.82, 2.24) is 0 Å². The lowest BCUT2D eigenvalue weighted by molar-refractivity contribution is -0.141. The standard InChI is InChI=1S/C16H16O3/c1-2-19-15(17)5-3-4-12-6-8-13(9-7-12)16(18)14-10-11-14/h6-9,14H,2,5,10-11H2,1H3. The van der Waals surface area contributed by atoms with E-state index in [4.69, 9.17) is 4.74 Å². The minimum absolute atomic E-state index is 0.0938. The monoisotopic (exact) mass is 256 g/mol. The van der Waals surface area contributed by atoms with Crippen molar-refractivity contribution in [2.75, 3.05) is 6.61 Å². The van der Waals surface area contributed by atoms with E-state index in [1.54, 1.807) is 19.1 Å². The zero-order valence-electron chi connectivity index (χ0n) is 10.9. The summed E-state index contributed by atoms with van der Waals surface area (Å²) in [5.74, 6) is 5.80. The fourth-order valence-electron chi connectivity index (χ4n) is 1.73. The molecule has 98 valence electrons. The summed E-state index contributed by atoms with van der Waals surface area (Å²) < 4.78 is 4.78. The molecule has 0 unspecified atom stereocenters. The minimum atomic E-state index is -0.310. The third-order valence-electron chi connectivity index (χ3n) is 2.89. The second kappa shape index (κ2) is 6.19. The molecule has 0 atom stereocenters. The van der Waals surface area contributed by atoms with Gasteiger partial charge in [0.2, 0.25) is 0 Å². The lowest BCUT2D eigenvalue weighted by Crippen LogP contribution is -2.01. The quantitative estimate of drug-likeness (QED) is 0.472. The molecule has 1 aromatic carbocycles. The fourth-order valence-corrected chi connectivity index (χ4v) is 1.73. The van der Waals surface area contributed by atoms with Crippen LogP contribution in [0.15, 0.2) is 24.3 Å². The van der Waals surface area contributed by atoms with E-state index in [0.717, 1.165) is 24.0 Å². The van der Waals surface area contributed by atoms with E-state index in [1.165, 1.54) is 0 Å². The van der Waals surface area contributed by atoms with Crippen LogP contribution in [0.2, 0.25) is 0 Å². The first-order valence-electron chi connectivity index (χ1n) is 6.49. The molecule has 0 saturated heterocycles. The SMILES string of the molecule is CCOC(=O)CC#Cc1ccc(C(=O)C2CC2)cc1. The molecule has 3 nitrogen and oxygen atoms in total. The molecule has 0 heterocycles. The van der Waals surface area contributed by atoms with Gasteiger partial charge in [0.05, 0.1) is 6.61 Å². The number of rotatable bonds is 4. The van der Waals surface area contributed by atoms with Gasteiger partial charge >= 0.3 is 5.97 Å². The number of Topliss-reactive ketones (excluding diaryl/α,β-unsaturated/α-hetero) is 1. The molecule has 1 aliphatic rings. The van der Waals surface area contributed by atoms with Crippen molar-refractivity contribution in [3.8, 4) is 11.8 Å². The first-order chi connectivity index (χ1) is 9.20. The topological polar surface area (TPSA) is 43.4 Å². The van der Waals surface area contributed by atoms with Gasteiger partial charge in [-0.3, -0.25) is 9.59 Å². The van der Waals surface area contributed by atoms with E-state index in [2.05, 4.69) is 11.8 Å². The first kappa shape index (κ1) is 13.4. The number of carbonyl (C=O) groups excluding carboxylic acids is 2. The molecule has 1 fully saturated rings. The Morgan fingerprint density at radius 2 is 1.95 bits per heavy atom. The molecule has 0 N–H and O–H groups in total. The van der Waals surface area contributed by atoms with Crippen LogP contribution in [-0.2, 0) is 9.53 Å². The van der Waals surface area contributed by atoms with Crippen molar-refractivity contribution >= 4 is 11.8 Å². The van der Waals surface area contributed by atoms with E-state index in [0.29, 0.717) is 6.61 Å². The molecular formula is C16H16O3. The zero-order chi connectivity index (χ0) is 13.7. The maximum absolute atomic E-state index is 11.8. The van der Waals surface area contributed by atoms with Crippen LogP contribution < -0.4 is 0 Å². The van der Waals surface area contributed by atoms with Crippen molar-refractivity contribution in [2.24, 2.45) is 5.92 Å². The van der Waals surface area contributed by atoms with E-state index in [1.807, 2.05) is 12.1 Å². The molecule has 0 aromatic heterocycles. The molecule has 19 heavy (non-hydrogen) atoms. The third-order valence-corrected chi connectivity index (χ3v) is 2.89. The first-order valence-corrected chi connectivity index (χ1v) is 6.49. The predicted octanol–water partition coefficient (Wildman–Crippen LogP) is 2.58. The summed E-state index contributed by atoms with van der Waals surface area (Å²) in [5, 5.41) is 0. The van der Waals surface area contributed by atoms with Gasteiger partial charge in [-0.1, -0.05) is 24.0 Å². The summed E-state index contributed by atoms with van der Waals surface area (Å²) >= 11 is 0. The van der Waals surface area contributed by atoms with Gasteiger partial charge in [-0.05, 0) is 31.9 Å². The van der Waals surface area contributed by atoms with Crippen LogP contribution in [0.4, 0.5) is 0 Å². The van der Waals surface area contributed by atoms with Crippen LogP contribution in [0, 0.1) is 17.8 Å². The summed E-state index contributed by atoms with van der Waals surface area (Å²) in [6.07, 6.45) is 2.12. The number of hydrogen-bond acceptors (Lipinski definition) is 3. The van der Waals surface area contributed by atoms with Crippen LogP contribution in [0.25, 0.3) is 0 Å². The number of ether oxygens (including phenoxy) is 1. The molecule has 0 amide bonds.